The van der Waals surface area contributed by atoms with Gasteiger partial charge in [-0.15, -0.1) is 10.2 Å². The Labute approximate surface area is 119 Å². The Morgan fingerprint density at radius 2 is 1.95 bits per heavy atom. The summed E-state index contributed by atoms with van der Waals surface area (Å²) < 4.78 is 5.84. The van der Waals surface area contributed by atoms with Gasteiger partial charge in [-0.25, -0.2) is 0 Å². The first-order valence-corrected chi connectivity index (χ1v) is 6.93. The van der Waals surface area contributed by atoms with E-state index >= 15 is 0 Å². The normalized spacial score (nSPS) is 19.4. The number of aromatic nitrogens is 2. The fourth-order valence-electron chi connectivity index (χ4n) is 2.55. The Bertz CT molecular complexity index is 576. The predicted molar refractivity (Wildman–Crippen MR) is 78.9 cm³/mol. The van der Waals surface area contributed by atoms with Crippen LogP contribution in [0.2, 0.25) is 0 Å². The van der Waals surface area contributed by atoms with Crippen molar-refractivity contribution in [2.75, 3.05) is 39.1 Å². The number of likely N-dealkylation sites (N-methyl/N-ethyl adjacent to an activating group) is 1. The molecule has 5 nitrogen and oxygen atoms in total. The van der Waals surface area contributed by atoms with Crippen LogP contribution in [-0.2, 0) is 0 Å². The lowest BCUT2D eigenvalue weighted by molar-refractivity contribution is 0.394. The van der Waals surface area contributed by atoms with Crippen LogP contribution in [-0.4, -0.2) is 49.3 Å². The molecule has 3 rings (SSSR count). The minimum atomic E-state index is 0.377. The maximum Gasteiger partial charge on any atom is 0.247 e. The fourth-order valence-corrected chi connectivity index (χ4v) is 2.55. The molecule has 0 spiro atoms. The molecule has 20 heavy (non-hydrogen) atoms. The molecule has 0 N–H and O–H groups in total. The van der Waals surface area contributed by atoms with Crippen LogP contribution in [0.15, 0.2) is 28.7 Å². The summed E-state index contributed by atoms with van der Waals surface area (Å²) in [5.74, 6) is 1.75. The molecule has 2 aromatic rings. The third kappa shape index (κ3) is 2.54. The predicted octanol–water partition coefficient (Wildman–Crippen LogP) is 2.22. The second-order valence-corrected chi connectivity index (χ2v) is 5.63. The highest BCUT2D eigenvalue weighted by molar-refractivity contribution is 5.58. The lowest BCUT2D eigenvalue weighted by Gasteiger charge is -2.11. The molecule has 0 unspecified atom stereocenters. The summed E-state index contributed by atoms with van der Waals surface area (Å²) in [7, 11) is 6.17. The van der Waals surface area contributed by atoms with Crippen molar-refractivity contribution in [1.82, 2.24) is 15.1 Å². The number of anilines is 1. The smallest absolute Gasteiger partial charge is 0.247 e. The van der Waals surface area contributed by atoms with Crippen LogP contribution in [0.25, 0.3) is 11.5 Å². The van der Waals surface area contributed by atoms with Gasteiger partial charge < -0.3 is 14.2 Å². The van der Waals surface area contributed by atoms with E-state index in [4.69, 9.17) is 4.42 Å². The summed E-state index contributed by atoms with van der Waals surface area (Å²) in [4.78, 5) is 4.36. The molecule has 0 aliphatic carbocycles. The third-order valence-electron chi connectivity index (χ3n) is 3.81. The maximum absolute atomic E-state index is 5.84. The highest BCUT2D eigenvalue weighted by Crippen LogP contribution is 2.28. The van der Waals surface area contributed by atoms with E-state index in [9.17, 15) is 0 Å². The van der Waals surface area contributed by atoms with Crippen LogP contribution in [0.1, 0.15) is 18.2 Å². The average Bonchev–Trinajstić information content (AvgIpc) is 3.07. The molecule has 1 aromatic carbocycles. The number of rotatable bonds is 3. The zero-order valence-electron chi connectivity index (χ0n) is 12.2. The van der Waals surface area contributed by atoms with E-state index in [1.54, 1.807) is 0 Å². The van der Waals surface area contributed by atoms with E-state index in [0.29, 0.717) is 11.8 Å². The molecule has 0 bridgehead atoms. The van der Waals surface area contributed by atoms with Gasteiger partial charge >= 0.3 is 0 Å². The maximum atomic E-state index is 5.84. The number of benzene rings is 1. The number of hydrogen-bond acceptors (Lipinski definition) is 5. The standard InChI is InChI=1S/C15H20N4O/c1-18(2)13-6-4-11(5-7-13)14-16-17-15(20-14)12-8-9-19(3)10-12/h4-7,12H,8-10H2,1-3H3/t12-/m0/s1. The number of nitrogens with zero attached hydrogens (tertiary/aromatic N) is 4. The molecule has 0 saturated carbocycles. The fraction of sp³-hybridized carbons (Fsp3) is 0.467. The lowest BCUT2D eigenvalue weighted by atomic mass is 10.1. The first-order chi connectivity index (χ1) is 9.63. The van der Waals surface area contributed by atoms with Crippen molar-refractivity contribution in [3.8, 4) is 11.5 Å². The van der Waals surface area contributed by atoms with E-state index in [1.165, 1.54) is 0 Å². The number of hydrogen-bond donors (Lipinski definition) is 0. The first-order valence-electron chi connectivity index (χ1n) is 6.93. The quantitative estimate of drug-likeness (QED) is 0.857. The zero-order chi connectivity index (χ0) is 14.1. The second-order valence-electron chi connectivity index (χ2n) is 5.63. The molecule has 1 aliphatic rings. The van der Waals surface area contributed by atoms with Crippen LogP contribution in [0, 0.1) is 0 Å². The van der Waals surface area contributed by atoms with E-state index in [2.05, 4.69) is 39.2 Å². The van der Waals surface area contributed by atoms with Gasteiger partial charge in [-0.3, -0.25) is 0 Å². The van der Waals surface area contributed by atoms with Crippen LogP contribution in [0.3, 0.4) is 0 Å². The highest BCUT2D eigenvalue weighted by Gasteiger charge is 2.26. The summed E-state index contributed by atoms with van der Waals surface area (Å²) in [5, 5.41) is 8.39. The molecule has 1 aromatic heterocycles. The SMILES string of the molecule is CN1CC[C@H](c2nnc(-c3ccc(N(C)C)cc3)o2)C1. The van der Waals surface area contributed by atoms with Gasteiger partial charge in [-0.05, 0) is 44.3 Å². The van der Waals surface area contributed by atoms with Crippen LogP contribution < -0.4 is 4.90 Å². The van der Waals surface area contributed by atoms with Crippen molar-refractivity contribution in [2.24, 2.45) is 0 Å². The Balaban J connectivity index is 1.79. The average molecular weight is 272 g/mol. The molecule has 1 fully saturated rings. The molecule has 2 heterocycles. The van der Waals surface area contributed by atoms with Crippen molar-refractivity contribution in [3.05, 3.63) is 30.2 Å². The number of likely N-dealkylation sites (tertiary alicyclic amines) is 1. The molecule has 0 amide bonds. The summed E-state index contributed by atoms with van der Waals surface area (Å²) in [5.41, 5.74) is 2.13. The van der Waals surface area contributed by atoms with E-state index in [1.807, 2.05) is 26.2 Å². The second kappa shape index (κ2) is 5.25. The van der Waals surface area contributed by atoms with Crippen molar-refractivity contribution in [2.45, 2.75) is 12.3 Å². The summed E-state index contributed by atoms with van der Waals surface area (Å²) in [6, 6.07) is 8.16. The van der Waals surface area contributed by atoms with Gasteiger partial charge in [0.05, 0.1) is 5.92 Å². The summed E-state index contributed by atoms with van der Waals surface area (Å²) >= 11 is 0. The minimum absolute atomic E-state index is 0.377. The van der Waals surface area contributed by atoms with Crippen molar-refractivity contribution in [1.29, 1.82) is 0 Å². The monoisotopic (exact) mass is 272 g/mol. The Hall–Kier alpha value is -1.88. The molecular formula is C15H20N4O. The Morgan fingerprint density at radius 3 is 2.55 bits per heavy atom. The molecule has 106 valence electrons. The molecule has 0 radical (unpaired) electrons. The highest BCUT2D eigenvalue weighted by atomic mass is 16.4. The van der Waals surface area contributed by atoms with Gasteiger partial charge in [0.15, 0.2) is 0 Å². The van der Waals surface area contributed by atoms with Crippen molar-refractivity contribution in [3.63, 3.8) is 0 Å². The van der Waals surface area contributed by atoms with Crippen LogP contribution in [0.5, 0.6) is 0 Å². The van der Waals surface area contributed by atoms with Gasteiger partial charge in [-0.1, -0.05) is 0 Å². The minimum Gasteiger partial charge on any atom is -0.420 e. The van der Waals surface area contributed by atoms with E-state index in [0.717, 1.165) is 36.7 Å². The van der Waals surface area contributed by atoms with E-state index in [-0.39, 0.29) is 0 Å². The third-order valence-corrected chi connectivity index (χ3v) is 3.81. The molecule has 1 saturated heterocycles. The lowest BCUT2D eigenvalue weighted by Crippen LogP contribution is -2.13. The van der Waals surface area contributed by atoms with Crippen LogP contribution in [0.4, 0.5) is 5.69 Å². The zero-order valence-corrected chi connectivity index (χ0v) is 12.2. The summed E-state index contributed by atoms with van der Waals surface area (Å²) in [6.07, 6.45) is 1.09. The van der Waals surface area contributed by atoms with E-state index < -0.39 is 0 Å². The Kier molecular flexibility index (Phi) is 3.44. The van der Waals surface area contributed by atoms with Crippen LogP contribution >= 0.6 is 0 Å². The van der Waals surface area contributed by atoms with Gasteiger partial charge in [0.1, 0.15) is 0 Å². The molecular weight excluding hydrogens is 252 g/mol. The largest absolute Gasteiger partial charge is 0.420 e. The van der Waals surface area contributed by atoms with Gasteiger partial charge in [0.25, 0.3) is 0 Å². The van der Waals surface area contributed by atoms with Crippen molar-refractivity contribution >= 4 is 5.69 Å². The molecule has 1 atom stereocenters. The van der Waals surface area contributed by atoms with Gasteiger partial charge in [-0.2, -0.15) is 0 Å². The topological polar surface area (TPSA) is 45.4 Å². The Morgan fingerprint density at radius 1 is 1.20 bits per heavy atom. The molecule has 1 aliphatic heterocycles. The molecule has 5 heteroatoms. The first kappa shape index (κ1) is 13.1. The van der Waals surface area contributed by atoms with Gasteiger partial charge in [0.2, 0.25) is 11.8 Å². The van der Waals surface area contributed by atoms with Crippen molar-refractivity contribution < 1.29 is 4.42 Å². The summed E-state index contributed by atoms with van der Waals surface area (Å²) in [6.45, 7) is 2.10. The van der Waals surface area contributed by atoms with Gasteiger partial charge in [0, 0.05) is 31.9 Å².